The van der Waals surface area contributed by atoms with Crippen molar-refractivity contribution >= 4 is 28.3 Å². The van der Waals surface area contributed by atoms with Gasteiger partial charge in [-0.05, 0) is 40.6 Å². The Balaban J connectivity index is 1.56. The average Bonchev–Trinajstić information content (AvgIpc) is 2.68. The van der Waals surface area contributed by atoms with Crippen molar-refractivity contribution in [1.82, 2.24) is 4.90 Å². The summed E-state index contributed by atoms with van der Waals surface area (Å²) in [6.07, 6.45) is 0.261. The first-order valence-corrected chi connectivity index (χ1v) is 8.71. The quantitative estimate of drug-likeness (QED) is 0.730. The molecule has 0 aromatic heterocycles. The molecular weight excluding hydrogens is 340 g/mol. The van der Waals surface area contributed by atoms with Crippen LogP contribution in [0.15, 0.2) is 66.7 Å². The van der Waals surface area contributed by atoms with Crippen molar-refractivity contribution in [3.63, 3.8) is 0 Å². The minimum absolute atomic E-state index is 0.00154. The second kappa shape index (κ2) is 8.36. The second-order valence-electron chi connectivity index (χ2n) is 6.38. The molecule has 0 saturated carbocycles. The Bertz CT molecular complexity index is 951. The van der Waals surface area contributed by atoms with Gasteiger partial charge >= 0.3 is 0 Å². The first-order valence-electron chi connectivity index (χ1n) is 8.71. The van der Waals surface area contributed by atoms with Crippen LogP contribution in [0.4, 0.5) is 5.69 Å². The number of hydrogen-bond acceptors (Lipinski definition) is 3. The van der Waals surface area contributed by atoms with E-state index < -0.39 is 0 Å². The summed E-state index contributed by atoms with van der Waals surface area (Å²) in [5, 5.41) is 5.02. The van der Waals surface area contributed by atoms with Gasteiger partial charge in [0.25, 0.3) is 0 Å². The van der Waals surface area contributed by atoms with Crippen LogP contribution >= 0.6 is 0 Å². The molecule has 138 valence electrons. The molecule has 0 fully saturated rings. The van der Waals surface area contributed by atoms with Gasteiger partial charge in [-0.2, -0.15) is 0 Å². The topological polar surface area (TPSA) is 58.6 Å². The van der Waals surface area contributed by atoms with Gasteiger partial charge < -0.3 is 15.0 Å². The summed E-state index contributed by atoms with van der Waals surface area (Å²) in [6.45, 7) is -0.00154. The van der Waals surface area contributed by atoms with Crippen molar-refractivity contribution in [2.24, 2.45) is 0 Å². The third-order valence-electron chi connectivity index (χ3n) is 4.35. The highest BCUT2D eigenvalue weighted by Crippen LogP contribution is 2.17. The van der Waals surface area contributed by atoms with E-state index in [1.54, 1.807) is 38.4 Å². The second-order valence-corrected chi connectivity index (χ2v) is 6.38. The van der Waals surface area contributed by atoms with Crippen LogP contribution in [0.1, 0.15) is 5.56 Å². The predicted octanol–water partition coefficient (Wildman–Crippen LogP) is 3.49. The monoisotopic (exact) mass is 362 g/mol. The van der Waals surface area contributed by atoms with Crippen LogP contribution in [-0.2, 0) is 16.0 Å². The lowest BCUT2D eigenvalue weighted by Gasteiger charge is -2.17. The van der Waals surface area contributed by atoms with Gasteiger partial charge in [-0.3, -0.25) is 9.59 Å². The largest absolute Gasteiger partial charge is 0.497 e. The van der Waals surface area contributed by atoms with Gasteiger partial charge in [0, 0.05) is 12.7 Å². The van der Waals surface area contributed by atoms with Crippen molar-refractivity contribution in [2.45, 2.75) is 6.42 Å². The summed E-state index contributed by atoms with van der Waals surface area (Å²) in [6, 6.07) is 21.0. The van der Waals surface area contributed by atoms with E-state index in [1.165, 1.54) is 4.90 Å². The summed E-state index contributed by atoms with van der Waals surface area (Å²) in [5.41, 5.74) is 1.59. The smallest absolute Gasteiger partial charge is 0.243 e. The molecule has 0 bridgehead atoms. The fourth-order valence-corrected chi connectivity index (χ4v) is 2.84. The van der Waals surface area contributed by atoms with Gasteiger partial charge in [-0.1, -0.05) is 42.5 Å². The number of anilines is 1. The fraction of sp³-hybridized carbons (Fsp3) is 0.182. The molecule has 2 amide bonds. The van der Waals surface area contributed by atoms with Gasteiger partial charge in [0.2, 0.25) is 11.8 Å². The Hall–Kier alpha value is -3.34. The molecule has 0 spiro atoms. The highest BCUT2D eigenvalue weighted by atomic mass is 16.5. The zero-order chi connectivity index (χ0) is 19.2. The molecule has 5 nitrogen and oxygen atoms in total. The number of rotatable bonds is 6. The zero-order valence-electron chi connectivity index (χ0n) is 15.4. The Labute approximate surface area is 158 Å². The number of nitrogens with zero attached hydrogens (tertiary/aromatic N) is 1. The van der Waals surface area contributed by atoms with Crippen molar-refractivity contribution in [3.05, 3.63) is 72.3 Å². The summed E-state index contributed by atoms with van der Waals surface area (Å²) in [7, 11) is 3.22. The van der Waals surface area contributed by atoms with Crippen molar-refractivity contribution < 1.29 is 14.3 Å². The molecular formula is C22H22N2O3. The van der Waals surface area contributed by atoms with Gasteiger partial charge in [-0.25, -0.2) is 0 Å². The number of fused-ring (bicyclic) bond motifs is 1. The maximum atomic E-state index is 12.4. The molecule has 3 aromatic carbocycles. The van der Waals surface area contributed by atoms with Crippen LogP contribution < -0.4 is 10.1 Å². The molecule has 0 heterocycles. The van der Waals surface area contributed by atoms with Gasteiger partial charge in [0.05, 0.1) is 20.1 Å². The molecule has 0 saturated heterocycles. The first kappa shape index (κ1) is 18.5. The number of hydrogen-bond donors (Lipinski definition) is 1. The SMILES string of the molecule is COc1ccc(NC(=O)CN(C)C(=O)Cc2ccc3ccccc3c2)cc1. The van der Waals surface area contributed by atoms with E-state index in [4.69, 9.17) is 4.74 Å². The number of likely N-dealkylation sites (N-methyl/N-ethyl adjacent to an activating group) is 1. The maximum Gasteiger partial charge on any atom is 0.243 e. The minimum atomic E-state index is -0.241. The summed E-state index contributed by atoms with van der Waals surface area (Å²) in [5.74, 6) is 0.375. The van der Waals surface area contributed by atoms with Crippen molar-refractivity contribution in [3.8, 4) is 5.75 Å². The van der Waals surface area contributed by atoms with E-state index in [0.717, 1.165) is 22.1 Å². The zero-order valence-corrected chi connectivity index (χ0v) is 15.4. The Morgan fingerprint density at radius 3 is 2.37 bits per heavy atom. The third-order valence-corrected chi connectivity index (χ3v) is 4.35. The van der Waals surface area contributed by atoms with Crippen LogP contribution in [-0.4, -0.2) is 37.4 Å². The van der Waals surface area contributed by atoms with Crippen LogP contribution in [0.5, 0.6) is 5.75 Å². The average molecular weight is 362 g/mol. The molecule has 0 aliphatic rings. The Kier molecular flexibility index (Phi) is 5.71. The molecule has 0 aliphatic carbocycles. The normalized spacial score (nSPS) is 10.4. The maximum absolute atomic E-state index is 12.4. The minimum Gasteiger partial charge on any atom is -0.497 e. The lowest BCUT2D eigenvalue weighted by atomic mass is 10.0. The van der Waals surface area contributed by atoms with E-state index in [1.807, 2.05) is 42.5 Å². The van der Waals surface area contributed by atoms with Gasteiger partial charge in [-0.15, -0.1) is 0 Å². The Morgan fingerprint density at radius 1 is 0.963 bits per heavy atom. The predicted molar refractivity (Wildman–Crippen MR) is 107 cm³/mol. The van der Waals surface area contributed by atoms with E-state index in [-0.39, 0.29) is 24.8 Å². The van der Waals surface area contributed by atoms with Crippen LogP contribution in [0, 0.1) is 0 Å². The molecule has 1 N–H and O–H groups in total. The van der Waals surface area contributed by atoms with Crippen LogP contribution in [0.3, 0.4) is 0 Å². The lowest BCUT2D eigenvalue weighted by Crippen LogP contribution is -2.35. The number of ether oxygens (including phenoxy) is 1. The fourth-order valence-electron chi connectivity index (χ4n) is 2.84. The van der Waals surface area contributed by atoms with E-state index in [9.17, 15) is 9.59 Å². The number of carbonyl (C=O) groups excluding carboxylic acids is 2. The number of methoxy groups -OCH3 is 1. The number of carbonyl (C=O) groups is 2. The molecule has 0 unspecified atom stereocenters. The number of benzene rings is 3. The molecule has 0 atom stereocenters. The van der Waals surface area contributed by atoms with Gasteiger partial charge in [0.15, 0.2) is 0 Å². The third kappa shape index (κ3) is 4.85. The molecule has 5 heteroatoms. The van der Waals surface area contributed by atoms with Crippen molar-refractivity contribution in [1.29, 1.82) is 0 Å². The molecule has 0 aliphatic heterocycles. The molecule has 0 radical (unpaired) electrons. The van der Waals surface area contributed by atoms with Crippen LogP contribution in [0.2, 0.25) is 0 Å². The summed E-state index contributed by atoms with van der Waals surface area (Å²) >= 11 is 0. The molecule has 3 aromatic rings. The lowest BCUT2D eigenvalue weighted by molar-refractivity contribution is -0.132. The standard InChI is InChI=1S/C22H22N2O3/c1-24(15-21(25)23-19-9-11-20(27-2)12-10-19)22(26)14-16-7-8-17-5-3-4-6-18(17)13-16/h3-13H,14-15H2,1-2H3,(H,23,25). The molecule has 27 heavy (non-hydrogen) atoms. The highest BCUT2D eigenvalue weighted by molar-refractivity contribution is 5.95. The number of amides is 2. The highest BCUT2D eigenvalue weighted by Gasteiger charge is 2.14. The summed E-state index contributed by atoms with van der Waals surface area (Å²) < 4.78 is 5.09. The van der Waals surface area contributed by atoms with E-state index in [0.29, 0.717) is 5.69 Å². The van der Waals surface area contributed by atoms with Crippen LogP contribution in [0.25, 0.3) is 10.8 Å². The molecule has 3 rings (SSSR count). The van der Waals surface area contributed by atoms with Crippen molar-refractivity contribution in [2.75, 3.05) is 26.0 Å². The van der Waals surface area contributed by atoms with E-state index in [2.05, 4.69) is 5.32 Å². The Morgan fingerprint density at radius 2 is 1.67 bits per heavy atom. The number of nitrogens with one attached hydrogen (secondary N) is 1. The first-order chi connectivity index (χ1) is 13.0. The van der Waals surface area contributed by atoms with E-state index >= 15 is 0 Å². The van der Waals surface area contributed by atoms with Gasteiger partial charge in [0.1, 0.15) is 5.75 Å². The summed E-state index contributed by atoms with van der Waals surface area (Å²) in [4.78, 5) is 26.1.